The molecule has 0 aromatic heterocycles. The van der Waals surface area contributed by atoms with E-state index in [2.05, 4.69) is 0 Å². The van der Waals surface area contributed by atoms with Gasteiger partial charge >= 0.3 is 18.0 Å². The molecular weight excluding hydrogens is 342 g/mol. The monoisotopic (exact) mass is 367 g/mol. The lowest BCUT2D eigenvalue weighted by molar-refractivity contribution is -0.165. The van der Waals surface area contributed by atoms with Crippen LogP contribution in [0, 0.1) is 5.92 Å². The van der Waals surface area contributed by atoms with Crippen LogP contribution in [0.1, 0.15) is 34.1 Å². The van der Waals surface area contributed by atoms with E-state index in [1.54, 1.807) is 20.8 Å². The van der Waals surface area contributed by atoms with E-state index in [0.29, 0.717) is 0 Å². The summed E-state index contributed by atoms with van der Waals surface area (Å²) in [5.41, 5.74) is 1.57. The highest BCUT2D eigenvalue weighted by Gasteiger charge is 2.41. The number of allylic oxidation sites excluding steroid dienone is 1. The first kappa shape index (κ1) is 20.0. The second-order valence-corrected chi connectivity index (χ2v) is 7.22. The van der Waals surface area contributed by atoms with Crippen LogP contribution in [0.3, 0.4) is 0 Å². The van der Waals surface area contributed by atoms with Crippen LogP contribution in [0.25, 0.3) is 0 Å². The molecule has 1 aliphatic heterocycles. The first-order valence-corrected chi connectivity index (χ1v) is 8.30. The zero-order chi connectivity index (χ0) is 19.6. The van der Waals surface area contributed by atoms with Crippen molar-refractivity contribution in [1.82, 2.24) is 5.06 Å². The van der Waals surface area contributed by atoms with E-state index in [9.17, 15) is 14.4 Å². The van der Waals surface area contributed by atoms with Crippen molar-refractivity contribution in [2.45, 2.75) is 39.7 Å². The molecule has 0 bridgehead atoms. The number of hydroxylamine groups is 2. The maximum absolute atomic E-state index is 12.3. The fraction of sp³-hybridized carbons (Fsp3) is 0.611. The summed E-state index contributed by atoms with van der Waals surface area (Å²) < 4.78 is 15.0. The molecule has 8 heteroatoms. The van der Waals surface area contributed by atoms with E-state index in [-0.39, 0.29) is 30.7 Å². The smallest absolute Gasteiger partial charge is 0.434 e. The quantitative estimate of drug-likeness (QED) is 0.419. The third-order valence-electron chi connectivity index (χ3n) is 4.23. The lowest BCUT2D eigenvalue weighted by atomic mass is 9.78. The molecule has 1 heterocycles. The molecule has 0 N–H and O–H groups in total. The first-order chi connectivity index (χ1) is 12.1. The Kier molecular flexibility index (Phi) is 5.75. The summed E-state index contributed by atoms with van der Waals surface area (Å²) in [6.45, 7) is 7.34. The first-order valence-electron chi connectivity index (χ1n) is 8.30. The van der Waals surface area contributed by atoms with E-state index in [1.165, 1.54) is 14.2 Å². The molecule has 1 saturated heterocycles. The molecule has 144 valence electrons. The average Bonchev–Trinajstić information content (AvgIpc) is 2.58. The Bertz CT molecular complexity index is 684. The van der Waals surface area contributed by atoms with E-state index < -0.39 is 29.6 Å². The topological polar surface area (TPSA) is 91.4 Å². The number of rotatable bonds is 2. The van der Waals surface area contributed by atoms with E-state index in [1.807, 2.05) is 6.92 Å². The summed E-state index contributed by atoms with van der Waals surface area (Å²) in [6.07, 6.45) is -0.343. The van der Waals surface area contributed by atoms with Crippen molar-refractivity contribution in [2.75, 3.05) is 27.4 Å². The molecule has 1 atom stereocenters. The van der Waals surface area contributed by atoms with Gasteiger partial charge in [-0.1, -0.05) is 5.57 Å². The van der Waals surface area contributed by atoms with Crippen molar-refractivity contribution in [1.29, 1.82) is 0 Å². The second-order valence-electron chi connectivity index (χ2n) is 7.22. The number of methoxy groups -OCH3 is 2. The predicted octanol–water partition coefficient (Wildman–Crippen LogP) is 2.15. The van der Waals surface area contributed by atoms with Crippen LogP contribution in [-0.4, -0.2) is 56.1 Å². The average molecular weight is 367 g/mol. The fourth-order valence-corrected chi connectivity index (χ4v) is 3.06. The summed E-state index contributed by atoms with van der Waals surface area (Å²) in [5, 5.41) is 1.14. The van der Waals surface area contributed by atoms with Crippen molar-refractivity contribution in [2.24, 2.45) is 5.92 Å². The molecular formula is C18H25NO7. The molecule has 1 unspecified atom stereocenters. The fourth-order valence-electron chi connectivity index (χ4n) is 3.06. The van der Waals surface area contributed by atoms with Crippen LogP contribution in [0.2, 0.25) is 0 Å². The maximum Gasteiger partial charge on any atom is 0.434 e. The maximum atomic E-state index is 12.3. The Labute approximate surface area is 152 Å². The Morgan fingerprint density at radius 2 is 1.73 bits per heavy atom. The van der Waals surface area contributed by atoms with Crippen molar-refractivity contribution < 1.29 is 33.4 Å². The van der Waals surface area contributed by atoms with Gasteiger partial charge in [0, 0.05) is 12.3 Å². The number of nitrogens with zero attached hydrogens (tertiary/aromatic N) is 1. The van der Waals surface area contributed by atoms with Crippen molar-refractivity contribution in [3.8, 4) is 0 Å². The van der Waals surface area contributed by atoms with Gasteiger partial charge in [-0.3, -0.25) is 4.84 Å². The van der Waals surface area contributed by atoms with E-state index >= 15 is 0 Å². The molecule has 1 fully saturated rings. The van der Waals surface area contributed by atoms with Crippen LogP contribution >= 0.6 is 0 Å². The van der Waals surface area contributed by atoms with Gasteiger partial charge in [-0.05, 0) is 33.3 Å². The molecule has 0 spiro atoms. The summed E-state index contributed by atoms with van der Waals surface area (Å²) in [5.74, 6) is -1.64. The molecule has 1 amide bonds. The second kappa shape index (κ2) is 7.49. The van der Waals surface area contributed by atoms with Gasteiger partial charge in [-0.15, -0.1) is 0 Å². The largest absolute Gasteiger partial charge is 0.466 e. The lowest BCUT2D eigenvalue weighted by Gasteiger charge is -2.38. The number of carbonyl (C=O) groups is 3. The molecule has 2 aliphatic rings. The Balaban J connectivity index is 2.31. The zero-order valence-electron chi connectivity index (χ0n) is 16.0. The van der Waals surface area contributed by atoms with Crippen molar-refractivity contribution in [3.05, 3.63) is 22.3 Å². The molecule has 0 saturated carbocycles. The SMILES string of the molecule is COC(=O)C1=C(C(=O)OC)C2CON(C(=O)OC(C)(C)C)CC2=C(C)C1. The molecule has 2 rings (SSSR count). The number of esters is 2. The van der Waals surface area contributed by atoms with Crippen molar-refractivity contribution in [3.63, 3.8) is 0 Å². The van der Waals surface area contributed by atoms with E-state index in [4.69, 9.17) is 19.0 Å². The standard InChI is InChI=1S/C18H25NO7/c1-10-7-11(15(20)23-5)14(16(21)24-6)13-9-25-19(8-12(10)13)17(22)26-18(2,3)4/h13H,7-9H2,1-6H3. The number of carbonyl (C=O) groups excluding carboxylic acids is 3. The van der Waals surface area contributed by atoms with Crippen LogP contribution < -0.4 is 0 Å². The van der Waals surface area contributed by atoms with Gasteiger partial charge < -0.3 is 14.2 Å². The van der Waals surface area contributed by atoms with Crippen molar-refractivity contribution >= 4 is 18.0 Å². The minimum atomic E-state index is -0.650. The number of hydrogen-bond donors (Lipinski definition) is 0. The number of fused-ring (bicyclic) bond motifs is 1. The number of ether oxygens (including phenoxy) is 3. The van der Waals surface area contributed by atoms with Gasteiger partial charge in [-0.2, -0.15) is 5.06 Å². The van der Waals surface area contributed by atoms with Gasteiger partial charge in [0.15, 0.2) is 0 Å². The molecule has 0 aromatic carbocycles. The molecule has 26 heavy (non-hydrogen) atoms. The van der Waals surface area contributed by atoms with Gasteiger partial charge in [-0.25, -0.2) is 14.4 Å². The molecule has 0 radical (unpaired) electrons. The number of hydrogen-bond acceptors (Lipinski definition) is 7. The molecule has 8 nitrogen and oxygen atoms in total. The van der Waals surface area contributed by atoms with Gasteiger partial charge in [0.05, 0.1) is 38.5 Å². The van der Waals surface area contributed by atoms with Gasteiger partial charge in [0.2, 0.25) is 0 Å². The third kappa shape index (κ3) is 4.07. The zero-order valence-corrected chi connectivity index (χ0v) is 16.0. The molecule has 1 aliphatic carbocycles. The van der Waals surface area contributed by atoms with Crippen LogP contribution in [0.15, 0.2) is 22.3 Å². The summed E-state index contributed by atoms with van der Waals surface area (Å²) in [4.78, 5) is 42.2. The van der Waals surface area contributed by atoms with E-state index in [0.717, 1.165) is 16.2 Å². The van der Waals surface area contributed by atoms with Gasteiger partial charge in [0.25, 0.3) is 0 Å². The highest BCUT2D eigenvalue weighted by Crippen LogP contribution is 2.39. The normalized spacial score (nSPS) is 20.5. The lowest BCUT2D eigenvalue weighted by Crippen LogP contribution is -2.46. The van der Waals surface area contributed by atoms with Crippen LogP contribution in [-0.2, 0) is 28.6 Å². The molecule has 0 aromatic rings. The minimum absolute atomic E-state index is 0.0246. The highest BCUT2D eigenvalue weighted by molar-refractivity contribution is 6.02. The third-order valence-corrected chi connectivity index (χ3v) is 4.23. The Hall–Kier alpha value is -2.35. The number of amides is 1. The summed E-state index contributed by atoms with van der Waals surface area (Å²) in [7, 11) is 2.52. The summed E-state index contributed by atoms with van der Waals surface area (Å²) in [6, 6.07) is 0. The predicted molar refractivity (Wildman–Crippen MR) is 90.8 cm³/mol. The van der Waals surface area contributed by atoms with Gasteiger partial charge in [0.1, 0.15) is 5.60 Å². The van der Waals surface area contributed by atoms with Crippen LogP contribution in [0.4, 0.5) is 4.79 Å². The Morgan fingerprint density at radius 1 is 1.12 bits per heavy atom. The minimum Gasteiger partial charge on any atom is -0.466 e. The Morgan fingerprint density at radius 3 is 2.27 bits per heavy atom. The van der Waals surface area contributed by atoms with Crippen LogP contribution in [0.5, 0.6) is 0 Å². The summed E-state index contributed by atoms with van der Waals surface area (Å²) >= 11 is 0. The highest BCUT2D eigenvalue weighted by atomic mass is 16.7.